The minimum atomic E-state index is -0.920. The number of fused-ring (bicyclic) bond motifs is 1. The summed E-state index contributed by atoms with van der Waals surface area (Å²) in [7, 11) is 0. The molecule has 2 aromatic rings. The average Bonchev–Trinajstić information content (AvgIpc) is 2.51. The highest BCUT2D eigenvalue weighted by Gasteiger charge is 2.25. The quantitative estimate of drug-likeness (QED) is 0.942. The van der Waals surface area contributed by atoms with Gasteiger partial charge in [-0.2, -0.15) is 0 Å². The molecule has 1 atom stereocenters. The molecule has 0 aromatic heterocycles. The Morgan fingerprint density at radius 1 is 1.27 bits per heavy atom. The highest BCUT2D eigenvalue weighted by molar-refractivity contribution is 5.89. The molecular formula is C18H19NO3. The van der Waals surface area contributed by atoms with E-state index in [2.05, 4.69) is 43.0 Å². The number of carbonyl (C=O) groups is 1. The Labute approximate surface area is 130 Å². The number of nitrogens with zero attached hydrogens (tertiary/aromatic N) is 1. The summed E-state index contributed by atoms with van der Waals surface area (Å²) in [5.41, 5.74) is 3.56. The first kappa shape index (κ1) is 14.4. The molecule has 4 nitrogen and oxygen atoms in total. The van der Waals surface area contributed by atoms with E-state index in [1.165, 1.54) is 11.1 Å². The number of ether oxygens (including phenoxy) is 1. The predicted octanol–water partition coefficient (Wildman–Crippen LogP) is 3.48. The Balaban J connectivity index is 1.95. The molecule has 1 heterocycles. The van der Waals surface area contributed by atoms with Crippen molar-refractivity contribution in [3.8, 4) is 5.75 Å². The summed E-state index contributed by atoms with van der Waals surface area (Å²) < 4.78 is 5.72. The van der Waals surface area contributed by atoms with Crippen LogP contribution in [0.4, 0.5) is 5.69 Å². The maximum Gasteiger partial charge on any atom is 0.335 e. The van der Waals surface area contributed by atoms with Crippen LogP contribution in [0.2, 0.25) is 0 Å². The number of hydrogen-bond acceptors (Lipinski definition) is 3. The summed E-state index contributed by atoms with van der Waals surface area (Å²) in [4.78, 5) is 13.4. The van der Waals surface area contributed by atoms with E-state index in [0.29, 0.717) is 6.61 Å². The molecule has 0 unspecified atom stereocenters. The zero-order chi connectivity index (χ0) is 15.7. The van der Waals surface area contributed by atoms with Crippen molar-refractivity contribution in [2.24, 2.45) is 0 Å². The van der Waals surface area contributed by atoms with Crippen molar-refractivity contribution in [1.29, 1.82) is 0 Å². The third-order valence-corrected chi connectivity index (χ3v) is 4.00. The number of carboxylic acid groups (broad SMARTS) is 1. The third-order valence-electron chi connectivity index (χ3n) is 4.00. The predicted molar refractivity (Wildman–Crippen MR) is 85.7 cm³/mol. The molecule has 0 saturated heterocycles. The number of carboxylic acids is 1. The standard InChI is InChI=1S/C18H19NO3/c1-12-3-5-14(6-4-12)10-19-13(2)11-22-17-8-7-15(18(20)21)9-16(17)19/h3-9,13H,10-11H2,1-2H3,(H,20,21)/t13-/m0/s1. The lowest BCUT2D eigenvalue weighted by atomic mass is 10.1. The van der Waals surface area contributed by atoms with Gasteiger partial charge in [0.2, 0.25) is 0 Å². The number of aryl methyl sites for hydroxylation is 1. The molecule has 0 spiro atoms. The van der Waals surface area contributed by atoms with Crippen molar-refractivity contribution in [2.45, 2.75) is 26.4 Å². The summed E-state index contributed by atoms with van der Waals surface area (Å²) in [6.45, 7) is 5.49. The normalized spacial score (nSPS) is 16.8. The maximum atomic E-state index is 11.2. The Bertz CT molecular complexity index is 694. The van der Waals surface area contributed by atoms with Crippen LogP contribution in [0.3, 0.4) is 0 Å². The van der Waals surface area contributed by atoms with Crippen LogP contribution in [0.1, 0.15) is 28.4 Å². The van der Waals surface area contributed by atoms with Crippen molar-refractivity contribution in [2.75, 3.05) is 11.5 Å². The lowest BCUT2D eigenvalue weighted by Gasteiger charge is -2.37. The molecule has 2 aromatic carbocycles. The van der Waals surface area contributed by atoms with Crippen LogP contribution in [-0.4, -0.2) is 23.7 Å². The minimum absolute atomic E-state index is 0.192. The van der Waals surface area contributed by atoms with Crippen LogP contribution in [-0.2, 0) is 6.54 Å². The molecule has 0 amide bonds. The van der Waals surface area contributed by atoms with Crippen molar-refractivity contribution in [3.63, 3.8) is 0 Å². The first-order valence-corrected chi connectivity index (χ1v) is 7.37. The molecular weight excluding hydrogens is 278 g/mol. The Morgan fingerprint density at radius 3 is 2.68 bits per heavy atom. The van der Waals surface area contributed by atoms with Gasteiger partial charge in [-0.1, -0.05) is 29.8 Å². The van der Waals surface area contributed by atoms with Crippen LogP contribution in [0.5, 0.6) is 5.75 Å². The van der Waals surface area contributed by atoms with Crippen molar-refractivity contribution in [1.82, 2.24) is 0 Å². The second-order valence-corrected chi connectivity index (χ2v) is 5.76. The zero-order valence-electron chi connectivity index (χ0n) is 12.7. The summed E-state index contributed by atoms with van der Waals surface area (Å²) >= 11 is 0. The van der Waals surface area contributed by atoms with Crippen LogP contribution >= 0.6 is 0 Å². The lowest BCUT2D eigenvalue weighted by Crippen LogP contribution is -2.40. The lowest BCUT2D eigenvalue weighted by molar-refractivity contribution is 0.0697. The van der Waals surface area contributed by atoms with Gasteiger partial charge in [-0.25, -0.2) is 4.79 Å². The molecule has 0 bridgehead atoms. The van der Waals surface area contributed by atoms with E-state index >= 15 is 0 Å². The summed E-state index contributed by atoms with van der Waals surface area (Å²) in [5.74, 6) is -0.175. The molecule has 114 valence electrons. The van der Waals surface area contributed by atoms with Crippen LogP contribution < -0.4 is 9.64 Å². The molecule has 1 N–H and O–H groups in total. The van der Waals surface area contributed by atoms with Gasteiger partial charge in [0, 0.05) is 6.54 Å². The fourth-order valence-electron chi connectivity index (χ4n) is 2.67. The summed E-state index contributed by atoms with van der Waals surface area (Å²) in [5, 5.41) is 9.20. The van der Waals surface area contributed by atoms with Gasteiger partial charge in [0.1, 0.15) is 12.4 Å². The number of benzene rings is 2. The van der Waals surface area contributed by atoms with E-state index in [0.717, 1.165) is 18.0 Å². The van der Waals surface area contributed by atoms with Gasteiger partial charge in [0.25, 0.3) is 0 Å². The highest BCUT2D eigenvalue weighted by atomic mass is 16.5. The van der Waals surface area contributed by atoms with Crippen LogP contribution in [0, 0.1) is 6.92 Å². The van der Waals surface area contributed by atoms with Gasteiger partial charge in [0.15, 0.2) is 0 Å². The van der Waals surface area contributed by atoms with Crippen molar-refractivity contribution < 1.29 is 14.6 Å². The topological polar surface area (TPSA) is 49.8 Å². The second kappa shape index (κ2) is 5.72. The molecule has 4 heteroatoms. The average molecular weight is 297 g/mol. The van der Waals surface area contributed by atoms with E-state index in [4.69, 9.17) is 4.74 Å². The molecule has 22 heavy (non-hydrogen) atoms. The molecule has 1 aliphatic rings. The Morgan fingerprint density at radius 2 is 2.00 bits per heavy atom. The van der Waals surface area contributed by atoms with E-state index in [9.17, 15) is 9.90 Å². The van der Waals surface area contributed by atoms with Gasteiger partial charge in [-0.15, -0.1) is 0 Å². The Hall–Kier alpha value is -2.49. The number of anilines is 1. The third kappa shape index (κ3) is 2.77. The van der Waals surface area contributed by atoms with E-state index in [1.807, 2.05) is 0 Å². The largest absolute Gasteiger partial charge is 0.489 e. The maximum absolute atomic E-state index is 11.2. The van der Waals surface area contributed by atoms with Gasteiger partial charge in [0.05, 0.1) is 17.3 Å². The Kier molecular flexibility index (Phi) is 3.75. The van der Waals surface area contributed by atoms with Gasteiger partial charge in [-0.3, -0.25) is 0 Å². The molecule has 1 aliphatic heterocycles. The molecule has 0 fully saturated rings. The van der Waals surface area contributed by atoms with Gasteiger partial charge in [-0.05, 0) is 37.6 Å². The number of hydrogen-bond donors (Lipinski definition) is 1. The van der Waals surface area contributed by atoms with E-state index < -0.39 is 5.97 Å². The van der Waals surface area contributed by atoms with Gasteiger partial charge >= 0.3 is 5.97 Å². The summed E-state index contributed by atoms with van der Waals surface area (Å²) in [6.07, 6.45) is 0. The van der Waals surface area contributed by atoms with E-state index in [-0.39, 0.29) is 11.6 Å². The van der Waals surface area contributed by atoms with Crippen LogP contribution in [0.25, 0.3) is 0 Å². The zero-order valence-corrected chi connectivity index (χ0v) is 12.7. The molecule has 0 saturated carbocycles. The monoisotopic (exact) mass is 297 g/mol. The number of rotatable bonds is 3. The highest BCUT2D eigenvalue weighted by Crippen LogP contribution is 2.35. The fraction of sp³-hybridized carbons (Fsp3) is 0.278. The molecule has 0 aliphatic carbocycles. The van der Waals surface area contributed by atoms with E-state index in [1.54, 1.807) is 18.2 Å². The van der Waals surface area contributed by atoms with Crippen molar-refractivity contribution in [3.05, 3.63) is 59.2 Å². The number of aromatic carboxylic acids is 1. The van der Waals surface area contributed by atoms with Crippen LogP contribution in [0.15, 0.2) is 42.5 Å². The minimum Gasteiger partial charge on any atom is -0.489 e. The second-order valence-electron chi connectivity index (χ2n) is 5.76. The van der Waals surface area contributed by atoms with Crippen molar-refractivity contribution >= 4 is 11.7 Å². The first-order chi connectivity index (χ1) is 10.5. The van der Waals surface area contributed by atoms with Gasteiger partial charge < -0.3 is 14.7 Å². The summed E-state index contributed by atoms with van der Waals surface area (Å²) in [6, 6.07) is 13.6. The smallest absolute Gasteiger partial charge is 0.335 e. The molecule has 0 radical (unpaired) electrons. The first-order valence-electron chi connectivity index (χ1n) is 7.37. The molecule has 3 rings (SSSR count). The SMILES string of the molecule is Cc1ccc(CN2c3cc(C(=O)O)ccc3OC[C@@H]2C)cc1. The fourth-order valence-corrected chi connectivity index (χ4v) is 2.67.